The summed E-state index contributed by atoms with van der Waals surface area (Å²) in [6.45, 7) is 0.560. The molecule has 5 rings (SSSR count). The Bertz CT molecular complexity index is 1380. The van der Waals surface area contributed by atoms with Crippen molar-refractivity contribution in [3.05, 3.63) is 51.6 Å². The van der Waals surface area contributed by atoms with Crippen molar-refractivity contribution < 1.29 is 54.1 Å². The number of hydrogen-bond acceptors (Lipinski definition) is 12. The second kappa shape index (κ2) is 10.9. The third-order valence-electron chi connectivity index (χ3n) is 7.81. The molecule has 1 fully saturated rings. The number of ketones is 3. The summed E-state index contributed by atoms with van der Waals surface area (Å²) < 4.78 is 17.0. The fourth-order valence-electron chi connectivity index (χ4n) is 5.75. The van der Waals surface area contributed by atoms with E-state index in [1.807, 2.05) is 0 Å². The number of aromatic hydroxyl groups is 2. The van der Waals surface area contributed by atoms with Crippen LogP contribution in [0.4, 0.5) is 0 Å². The van der Waals surface area contributed by atoms with E-state index in [9.17, 15) is 39.9 Å². The van der Waals surface area contributed by atoms with E-state index in [1.165, 1.54) is 25.3 Å². The first-order valence-electron chi connectivity index (χ1n) is 12.4. The van der Waals surface area contributed by atoms with Crippen LogP contribution >= 0.6 is 0 Å². The molecule has 1 saturated heterocycles. The number of carbonyl (C=O) groups excluding carboxylic acids is 3. The Morgan fingerprint density at radius 2 is 1.82 bits per heavy atom. The Morgan fingerprint density at radius 3 is 2.45 bits per heavy atom. The maximum absolute atomic E-state index is 13.6. The van der Waals surface area contributed by atoms with Gasteiger partial charge in [0.1, 0.15) is 29.5 Å². The molecule has 210 valence electrons. The van der Waals surface area contributed by atoms with Gasteiger partial charge in [-0.25, -0.2) is 0 Å². The maximum atomic E-state index is 13.6. The fraction of sp³-hybridized carbons (Fsp3) is 0.444. The normalized spacial score (nSPS) is 29.1. The Morgan fingerprint density at radius 1 is 1.15 bits per heavy atom. The van der Waals surface area contributed by atoms with Gasteiger partial charge in [-0.3, -0.25) is 14.4 Å². The van der Waals surface area contributed by atoms with Crippen LogP contribution in [0.5, 0.6) is 17.2 Å². The summed E-state index contributed by atoms with van der Waals surface area (Å²) in [4.78, 5) is 39.7. The van der Waals surface area contributed by atoms with Crippen molar-refractivity contribution in [1.29, 1.82) is 0 Å². The van der Waals surface area contributed by atoms with E-state index < -0.39 is 95.7 Å². The third-order valence-corrected chi connectivity index (χ3v) is 7.81. The molecule has 4 unspecified atom stereocenters. The van der Waals surface area contributed by atoms with Gasteiger partial charge >= 0.3 is 18.9 Å². The van der Waals surface area contributed by atoms with Crippen LogP contribution in [0.3, 0.4) is 0 Å². The van der Waals surface area contributed by atoms with Gasteiger partial charge in [-0.1, -0.05) is 12.1 Å². The van der Waals surface area contributed by atoms with Crippen molar-refractivity contribution in [2.75, 3.05) is 13.7 Å². The van der Waals surface area contributed by atoms with Crippen molar-refractivity contribution in [1.82, 2.24) is 0 Å². The van der Waals surface area contributed by atoms with Crippen molar-refractivity contribution in [2.24, 2.45) is 5.73 Å². The number of Topliss-reactive ketones (excluding diaryl/α,β-unsaturated/α-hetero) is 1. The van der Waals surface area contributed by atoms with Gasteiger partial charge in [-0.15, -0.1) is 0 Å². The Balaban J connectivity index is 0.00000370. The van der Waals surface area contributed by atoms with E-state index in [-0.39, 0.29) is 53.3 Å². The van der Waals surface area contributed by atoms with Crippen LogP contribution in [-0.2, 0) is 20.7 Å². The number of fused-ring (bicyclic) bond motifs is 3. The van der Waals surface area contributed by atoms with Gasteiger partial charge in [-0.05, 0) is 13.0 Å². The first-order chi connectivity index (χ1) is 18.4. The average molecular weight is 551 g/mol. The Labute approximate surface area is 240 Å². The number of hydrogen-bond donors (Lipinski definition) is 6. The SMILES string of the molecule is COc1cccc2c1C(=O)c1c(O)c3c(c(O)c1C2=O)C[C@@](O)(C(=O)CO)C[C@@H]3OC1CC(N)C(O)C(C)O1.[LiH]. The second-order valence-electron chi connectivity index (χ2n) is 10.2. The van der Waals surface area contributed by atoms with Gasteiger partial charge in [0.05, 0.1) is 42.1 Å². The quantitative estimate of drug-likeness (QED) is 0.173. The van der Waals surface area contributed by atoms with Crippen molar-refractivity contribution >= 4 is 36.2 Å². The predicted molar refractivity (Wildman–Crippen MR) is 139 cm³/mol. The van der Waals surface area contributed by atoms with Crippen LogP contribution in [0.2, 0.25) is 0 Å². The summed E-state index contributed by atoms with van der Waals surface area (Å²) in [5, 5.41) is 53.7. The van der Waals surface area contributed by atoms with Crippen LogP contribution in [0.25, 0.3) is 0 Å². The molecule has 0 amide bonds. The van der Waals surface area contributed by atoms with E-state index in [4.69, 9.17) is 19.9 Å². The molecule has 2 aliphatic carbocycles. The standard InChI is InChI=1S/C27H29NO11.Li.H/c1-10-22(31)13(28)6-17(38-10)39-15-8-27(36,16(30)9-29)7-12-19(15)26(35)21-20(24(12)33)23(32)11-4-3-5-14(37-2)18(11)25(21)34;;/h3-5,10,13,15,17,22,29,31,33,35-36H,6-9,28H2,1-2H3;;/t10?,13?,15-,17?,22?,27-;;/m0../s1. The molecular weight excluding hydrogens is 521 g/mol. The molecular formula is C27H30LiNO11. The fourth-order valence-corrected chi connectivity index (χ4v) is 5.75. The molecule has 7 N–H and O–H groups in total. The number of methoxy groups -OCH3 is 1. The Kier molecular flexibility index (Phi) is 8.21. The molecule has 40 heavy (non-hydrogen) atoms. The van der Waals surface area contributed by atoms with Gasteiger partial charge in [0.25, 0.3) is 0 Å². The number of aliphatic hydroxyl groups is 3. The van der Waals surface area contributed by atoms with Crippen LogP contribution in [0, 0.1) is 0 Å². The molecule has 2 aromatic carbocycles. The molecule has 6 atom stereocenters. The van der Waals surface area contributed by atoms with E-state index >= 15 is 0 Å². The monoisotopic (exact) mass is 551 g/mol. The summed E-state index contributed by atoms with van der Waals surface area (Å²) in [7, 11) is 1.32. The number of ether oxygens (including phenoxy) is 3. The van der Waals surface area contributed by atoms with Gasteiger partial charge in [0.2, 0.25) is 5.78 Å². The van der Waals surface area contributed by atoms with E-state index in [0.29, 0.717) is 0 Å². The summed E-state index contributed by atoms with van der Waals surface area (Å²) >= 11 is 0. The second-order valence-corrected chi connectivity index (χ2v) is 10.2. The zero-order valence-corrected chi connectivity index (χ0v) is 21.2. The summed E-state index contributed by atoms with van der Waals surface area (Å²) in [5.74, 6) is -3.77. The van der Waals surface area contributed by atoms with Gasteiger partial charge in [-0.2, -0.15) is 0 Å². The number of phenolic OH excluding ortho intramolecular Hbond substituents is 2. The van der Waals surface area contributed by atoms with Crippen LogP contribution in [0.15, 0.2) is 18.2 Å². The summed E-state index contributed by atoms with van der Waals surface area (Å²) in [6, 6.07) is 3.64. The molecule has 0 saturated carbocycles. The van der Waals surface area contributed by atoms with Crippen molar-refractivity contribution in [3.63, 3.8) is 0 Å². The molecule has 0 radical (unpaired) electrons. The molecule has 3 aliphatic rings. The minimum atomic E-state index is -2.24. The van der Waals surface area contributed by atoms with Crippen molar-refractivity contribution in [3.8, 4) is 17.2 Å². The predicted octanol–water partition coefficient (Wildman–Crippen LogP) is -0.647. The van der Waals surface area contributed by atoms with E-state index in [1.54, 1.807) is 6.92 Å². The first kappa shape index (κ1) is 30.2. The molecule has 0 bridgehead atoms. The number of rotatable bonds is 5. The molecule has 0 spiro atoms. The van der Waals surface area contributed by atoms with Gasteiger partial charge in [0.15, 0.2) is 17.9 Å². The van der Waals surface area contributed by atoms with Crippen molar-refractivity contribution in [2.45, 2.75) is 62.4 Å². The molecule has 12 nitrogen and oxygen atoms in total. The Hall–Kier alpha value is -2.79. The van der Waals surface area contributed by atoms with E-state index in [0.717, 1.165) is 0 Å². The van der Waals surface area contributed by atoms with Gasteiger partial charge in [0, 0.05) is 42.0 Å². The number of benzene rings is 2. The zero-order chi connectivity index (χ0) is 28.4. The van der Waals surface area contributed by atoms with Crippen LogP contribution in [0.1, 0.15) is 68.8 Å². The minimum absolute atomic E-state index is 0. The zero-order valence-electron chi connectivity index (χ0n) is 21.2. The molecule has 2 aromatic rings. The number of aliphatic hydroxyl groups excluding tert-OH is 2. The molecule has 1 heterocycles. The molecule has 1 aliphatic heterocycles. The number of phenols is 2. The first-order valence-corrected chi connectivity index (χ1v) is 12.4. The topological polar surface area (TPSA) is 206 Å². The molecule has 0 aromatic heterocycles. The number of carbonyl (C=O) groups is 3. The third kappa shape index (κ3) is 4.54. The summed E-state index contributed by atoms with van der Waals surface area (Å²) in [5.41, 5.74) is 2.37. The number of nitrogens with two attached hydrogens (primary N) is 1. The molecule has 13 heteroatoms. The summed E-state index contributed by atoms with van der Waals surface area (Å²) in [6.07, 6.45) is -5.12. The van der Waals surface area contributed by atoms with Gasteiger partial charge < -0.3 is 45.5 Å². The van der Waals surface area contributed by atoms with Crippen LogP contribution in [-0.4, -0.2) is 106 Å². The van der Waals surface area contributed by atoms with Crippen LogP contribution < -0.4 is 10.5 Å². The average Bonchev–Trinajstić information content (AvgIpc) is 2.90. The van der Waals surface area contributed by atoms with E-state index in [2.05, 4.69) is 0 Å².